The highest BCUT2D eigenvalue weighted by Crippen LogP contribution is 2.26. The molecule has 1 atom stereocenters. The van der Waals surface area contributed by atoms with E-state index in [4.69, 9.17) is 0 Å². The Kier molecular flexibility index (Phi) is 9.92. The second-order valence-corrected chi connectivity index (χ2v) is 12.2. The molecule has 0 unspecified atom stereocenters. The maximum absolute atomic E-state index is 14.1. The molecule has 0 aliphatic carbocycles. The van der Waals surface area contributed by atoms with Gasteiger partial charge in [-0.15, -0.1) is 0 Å². The Bertz CT molecular complexity index is 1400. The molecule has 3 aromatic carbocycles. The van der Waals surface area contributed by atoms with E-state index in [0.29, 0.717) is 12.1 Å². The molecule has 0 spiro atoms. The molecule has 0 radical (unpaired) electrons. The molecule has 208 valence electrons. The first-order valence-electron chi connectivity index (χ1n) is 13.1. The molecule has 7 nitrogen and oxygen atoms in total. The number of nitrogens with one attached hydrogen (secondary N) is 1. The van der Waals surface area contributed by atoms with Gasteiger partial charge >= 0.3 is 0 Å². The van der Waals surface area contributed by atoms with Crippen molar-refractivity contribution in [3.05, 3.63) is 101 Å². The molecule has 39 heavy (non-hydrogen) atoms. The topological polar surface area (TPSA) is 86.8 Å². The third-order valence-electron chi connectivity index (χ3n) is 6.83. The largest absolute Gasteiger partial charge is 0.352 e. The summed E-state index contributed by atoms with van der Waals surface area (Å²) in [5.74, 6) is -0.738. The van der Waals surface area contributed by atoms with Crippen LogP contribution in [0.3, 0.4) is 0 Å². The second kappa shape index (κ2) is 12.9. The number of sulfonamides is 1. The number of carbonyl (C=O) groups excluding carboxylic acids is 2. The molecule has 0 aromatic heterocycles. The van der Waals surface area contributed by atoms with Gasteiger partial charge in [-0.3, -0.25) is 13.9 Å². The number of hydrogen-bond donors (Lipinski definition) is 1. The van der Waals surface area contributed by atoms with E-state index in [0.717, 1.165) is 38.4 Å². The van der Waals surface area contributed by atoms with E-state index < -0.39 is 28.5 Å². The van der Waals surface area contributed by atoms with E-state index in [9.17, 15) is 18.0 Å². The zero-order valence-electron chi connectivity index (χ0n) is 23.6. The van der Waals surface area contributed by atoms with Gasteiger partial charge < -0.3 is 10.2 Å². The first-order valence-corrected chi connectivity index (χ1v) is 15.0. The average Bonchev–Trinajstić information content (AvgIpc) is 2.87. The number of amides is 2. The minimum absolute atomic E-state index is 0.131. The summed E-state index contributed by atoms with van der Waals surface area (Å²) in [6.45, 7) is 9.18. The van der Waals surface area contributed by atoms with E-state index in [2.05, 4.69) is 5.32 Å². The minimum atomic E-state index is -3.81. The predicted octanol–water partition coefficient (Wildman–Crippen LogP) is 4.54. The number of nitrogens with zero attached hydrogens (tertiary/aromatic N) is 2. The lowest BCUT2D eigenvalue weighted by atomic mass is 10.0. The molecule has 0 aliphatic heterocycles. The Morgan fingerprint density at radius 1 is 0.846 bits per heavy atom. The lowest BCUT2D eigenvalue weighted by Crippen LogP contribution is -2.54. The van der Waals surface area contributed by atoms with Crippen molar-refractivity contribution in [1.82, 2.24) is 10.2 Å². The molecule has 1 N–H and O–H groups in total. The lowest BCUT2D eigenvalue weighted by molar-refractivity contribution is -0.140. The fourth-order valence-corrected chi connectivity index (χ4v) is 5.41. The summed E-state index contributed by atoms with van der Waals surface area (Å²) in [6, 6.07) is 21.6. The Balaban J connectivity index is 2.09. The first kappa shape index (κ1) is 29.9. The summed E-state index contributed by atoms with van der Waals surface area (Å²) in [4.78, 5) is 29.3. The summed E-state index contributed by atoms with van der Waals surface area (Å²) in [5.41, 5.74) is 4.92. The Hall–Kier alpha value is -3.65. The van der Waals surface area contributed by atoms with Crippen LogP contribution in [0.25, 0.3) is 0 Å². The summed E-state index contributed by atoms with van der Waals surface area (Å²) < 4.78 is 27.1. The van der Waals surface area contributed by atoms with Gasteiger partial charge in [0.25, 0.3) is 0 Å². The molecule has 0 saturated heterocycles. The summed E-state index contributed by atoms with van der Waals surface area (Å²) in [6.07, 6.45) is 1.39. The molecular weight excluding hydrogens is 510 g/mol. The van der Waals surface area contributed by atoms with Crippen molar-refractivity contribution in [2.24, 2.45) is 0 Å². The Labute approximate surface area is 232 Å². The minimum Gasteiger partial charge on any atom is -0.352 e. The maximum Gasteiger partial charge on any atom is 0.244 e. The SMILES string of the molecule is Cc1ccccc1CN(C(=O)CN(c1cccc(C)c1C)S(C)(=O)=O)[C@@H](Cc1ccccc1)C(=O)NC(C)C. The lowest BCUT2D eigenvalue weighted by Gasteiger charge is -2.34. The predicted molar refractivity (Wildman–Crippen MR) is 157 cm³/mol. The van der Waals surface area contributed by atoms with Crippen LogP contribution in [0, 0.1) is 20.8 Å². The second-order valence-electron chi connectivity index (χ2n) is 10.3. The molecule has 3 aromatic rings. The van der Waals surface area contributed by atoms with Crippen LogP contribution < -0.4 is 9.62 Å². The van der Waals surface area contributed by atoms with Crippen molar-refractivity contribution in [2.75, 3.05) is 17.1 Å². The molecule has 8 heteroatoms. The first-order chi connectivity index (χ1) is 18.4. The molecule has 0 saturated carbocycles. The highest BCUT2D eigenvalue weighted by Gasteiger charge is 2.33. The van der Waals surface area contributed by atoms with Crippen LogP contribution in [0.4, 0.5) is 5.69 Å². The Morgan fingerprint density at radius 2 is 1.46 bits per heavy atom. The van der Waals surface area contributed by atoms with Gasteiger partial charge in [-0.25, -0.2) is 8.42 Å². The number of anilines is 1. The monoisotopic (exact) mass is 549 g/mol. The summed E-state index contributed by atoms with van der Waals surface area (Å²) >= 11 is 0. The van der Waals surface area contributed by atoms with Crippen molar-refractivity contribution in [3.8, 4) is 0 Å². The van der Waals surface area contributed by atoms with Crippen molar-refractivity contribution >= 4 is 27.5 Å². The molecule has 3 rings (SSSR count). The van der Waals surface area contributed by atoms with E-state index >= 15 is 0 Å². The Morgan fingerprint density at radius 3 is 2.08 bits per heavy atom. The number of carbonyl (C=O) groups is 2. The molecule has 2 amide bonds. The number of benzene rings is 3. The highest BCUT2D eigenvalue weighted by atomic mass is 32.2. The summed E-state index contributed by atoms with van der Waals surface area (Å²) in [5, 5.41) is 2.97. The molecule has 0 fully saturated rings. The van der Waals surface area contributed by atoms with Crippen molar-refractivity contribution in [1.29, 1.82) is 0 Å². The molecule has 0 bridgehead atoms. The quantitative estimate of drug-likeness (QED) is 0.380. The normalized spacial score (nSPS) is 12.2. The van der Waals surface area contributed by atoms with Crippen LogP contribution in [-0.4, -0.2) is 50.0 Å². The molecule has 0 aliphatic rings. The smallest absolute Gasteiger partial charge is 0.244 e. The van der Waals surface area contributed by atoms with Crippen molar-refractivity contribution < 1.29 is 18.0 Å². The standard InChI is InChI=1S/C31H39N3O4S/c1-22(2)32-31(36)29(19-26-15-8-7-9-16-26)33(20-27-17-11-10-13-24(27)4)30(35)21-34(39(6,37)38)28-18-12-14-23(3)25(28)5/h7-18,22,29H,19-21H2,1-6H3,(H,32,36)/t29-/m0/s1. The van der Waals surface area contributed by atoms with Crippen LogP contribution in [0.2, 0.25) is 0 Å². The zero-order valence-corrected chi connectivity index (χ0v) is 24.5. The number of aryl methyl sites for hydroxylation is 2. The van der Waals surface area contributed by atoms with E-state index in [1.807, 2.05) is 95.3 Å². The van der Waals surface area contributed by atoms with Crippen LogP contribution in [0.1, 0.15) is 41.7 Å². The van der Waals surface area contributed by atoms with Gasteiger partial charge in [0.2, 0.25) is 21.8 Å². The van der Waals surface area contributed by atoms with E-state index in [-0.39, 0.29) is 18.5 Å². The highest BCUT2D eigenvalue weighted by molar-refractivity contribution is 7.92. The van der Waals surface area contributed by atoms with Gasteiger partial charge in [0.05, 0.1) is 11.9 Å². The fraction of sp³-hybridized carbons (Fsp3) is 0.355. The third kappa shape index (κ3) is 7.93. The summed E-state index contributed by atoms with van der Waals surface area (Å²) in [7, 11) is -3.81. The average molecular weight is 550 g/mol. The molecular formula is C31H39N3O4S. The van der Waals surface area contributed by atoms with Gasteiger partial charge in [0.15, 0.2) is 0 Å². The van der Waals surface area contributed by atoms with Crippen LogP contribution >= 0.6 is 0 Å². The third-order valence-corrected chi connectivity index (χ3v) is 7.95. The molecule has 0 heterocycles. The van der Waals surface area contributed by atoms with Crippen LogP contribution in [0.5, 0.6) is 0 Å². The van der Waals surface area contributed by atoms with E-state index in [1.165, 1.54) is 4.90 Å². The van der Waals surface area contributed by atoms with Crippen molar-refractivity contribution in [2.45, 2.75) is 59.7 Å². The van der Waals surface area contributed by atoms with Crippen LogP contribution in [0.15, 0.2) is 72.8 Å². The van der Waals surface area contributed by atoms with Crippen LogP contribution in [-0.2, 0) is 32.6 Å². The maximum atomic E-state index is 14.1. The van der Waals surface area contributed by atoms with Crippen molar-refractivity contribution in [3.63, 3.8) is 0 Å². The van der Waals surface area contributed by atoms with E-state index in [1.54, 1.807) is 12.1 Å². The van der Waals surface area contributed by atoms with Gasteiger partial charge in [-0.05, 0) is 68.5 Å². The zero-order chi connectivity index (χ0) is 28.7. The fourth-order valence-electron chi connectivity index (χ4n) is 4.51. The van der Waals surface area contributed by atoms with Gasteiger partial charge in [-0.1, -0.05) is 66.7 Å². The van der Waals surface area contributed by atoms with Gasteiger partial charge in [-0.2, -0.15) is 0 Å². The van der Waals surface area contributed by atoms with Gasteiger partial charge in [0.1, 0.15) is 12.6 Å². The number of hydrogen-bond acceptors (Lipinski definition) is 4. The van der Waals surface area contributed by atoms with Gasteiger partial charge in [0, 0.05) is 19.0 Å². The number of rotatable bonds is 11.